The van der Waals surface area contributed by atoms with Gasteiger partial charge in [-0.15, -0.1) is 0 Å². The van der Waals surface area contributed by atoms with Crippen molar-refractivity contribution in [1.29, 1.82) is 0 Å². The summed E-state index contributed by atoms with van der Waals surface area (Å²) in [6.45, 7) is 1.84. The summed E-state index contributed by atoms with van der Waals surface area (Å²) in [4.78, 5) is 12.7. The van der Waals surface area contributed by atoms with Gasteiger partial charge in [0.25, 0.3) is 10.0 Å². The van der Waals surface area contributed by atoms with Gasteiger partial charge in [-0.3, -0.25) is 9.10 Å². The van der Waals surface area contributed by atoms with Crippen molar-refractivity contribution in [2.75, 3.05) is 10.8 Å². The van der Waals surface area contributed by atoms with Gasteiger partial charge in [-0.2, -0.15) is 0 Å². The van der Waals surface area contributed by atoms with Gasteiger partial charge in [0.2, 0.25) is 5.91 Å². The van der Waals surface area contributed by atoms with Crippen molar-refractivity contribution >= 4 is 44.8 Å². The quantitative estimate of drug-likeness (QED) is 0.547. The summed E-state index contributed by atoms with van der Waals surface area (Å²) in [5.41, 5.74) is 2.24. The molecule has 0 aromatic heterocycles. The molecule has 30 heavy (non-hydrogen) atoms. The second-order valence-electron chi connectivity index (χ2n) is 6.63. The predicted octanol–water partition coefficient (Wildman–Crippen LogP) is 4.81. The number of sulfonamides is 1. The zero-order valence-electron chi connectivity index (χ0n) is 16.2. The number of amides is 1. The molecule has 0 heterocycles. The Hall–Kier alpha value is -2.54. The van der Waals surface area contributed by atoms with E-state index in [2.05, 4.69) is 5.32 Å². The molecule has 0 radical (unpaired) electrons. The smallest absolute Gasteiger partial charge is 0.264 e. The fourth-order valence-electron chi connectivity index (χ4n) is 2.86. The molecule has 8 heteroatoms. The number of aryl methyl sites for hydroxylation is 1. The maximum absolute atomic E-state index is 13.3. The largest absolute Gasteiger partial charge is 0.350 e. The van der Waals surface area contributed by atoms with Crippen molar-refractivity contribution in [3.63, 3.8) is 0 Å². The third-order valence-electron chi connectivity index (χ3n) is 4.55. The molecule has 0 fully saturated rings. The molecule has 0 bridgehead atoms. The summed E-state index contributed by atoms with van der Waals surface area (Å²) >= 11 is 12.1. The van der Waals surface area contributed by atoms with Gasteiger partial charge in [0, 0.05) is 6.54 Å². The van der Waals surface area contributed by atoms with Crippen LogP contribution < -0.4 is 9.62 Å². The lowest BCUT2D eigenvalue weighted by Crippen LogP contribution is -2.40. The first kappa shape index (κ1) is 22.2. The highest BCUT2D eigenvalue weighted by atomic mass is 35.5. The van der Waals surface area contributed by atoms with Crippen molar-refractivity contribution in [1.82, 2.24) is 5.32 Å². The molecule has 5 nitrogen and oxygen atoms in total. The van der Waals surface area contributed by atoms with Gasteiger partial charge in [-0.1, -0.05) is 65.7 Å². The van der Waals surface area contributed by atoms with E-state index in [9.17, 15) is 13.2 Å². The molecule has 0 spiro atoms. The highest BCUT2D eigenvalue weighted by Gasteiger charge is 2.27. The Bertz CT molecular complexity index is 1150. The van der Waals surface area contributed by atoms with Crippen LogP contribution in [-0.4, -0.2) is 20.9 Å². The number of nitrogens with zero attached hydrogens (tertiary/aromatic N) is 1. The van der Waals surface area contributed by atoms with Crippen LogP contribution in [0, 0.1) is 6.92 Å². The van der Waals surface area contributed by atoms with Crippen LogP contribution in [0.25, 0.3) is 0 Å². The molecule has 0 saturated heterocycles. The monoisotopic (exact) mass is 462 g/mol. The number of nitrogens with one attached hydrogen (secondary N) is 1. The molecule has 3 aromatic rings. The third kappa shape index (κ3) is 5.14. The predicted molar refractivity (Wildman–Crippen MR) is 120 cm³/mol. The molecular formula is C22H20Cl2N2O3S. The lowest BCUT2D eigenvalue weighted by atomic mass is 10.1. The fourth-order valence-corrected chi connectivity index (χ4v) is 4.59. The minimum atomic E-state index is -4.00. The van der Waals surface area contributed by atoms with Crippen LogP contribution in [0.1, 0.15) is 11.1 Å². The molecule has 1 amide bonds. The average Bonchev–Trinajstić information content (AvgIpc) is 2.74. The van der Waals surface area contributed by atoms with Crippen molar-refractivity contribution in [3.8, 4) is 0 Å². The van der Waals surface area contributed by atoms with Gasteiger partial charge in [0.15, 0.2) is 0 Å². The number of benzene rings is 3. The second-order valence-corrected chi connectivity index (χ2v) is 9.30. The molecule has 3 aromatic carbocycles. The molecule has 0 aliphatic carbocycles. The van der Waals surface area contributed by atoms with Crippen LogP contribution >= 0.6 is 23.2 Å². The van der Waals surface area contributed by atoms with Crippen LogP contribution in [0.2, 0.25) is 10.0 Å². The van der Waals surface area contributed by atoms with Crippen molar-refractivity contribution in [2.45, 2.75) is 18.4 Å². The highest BCUT2D eigenvalue weighted by Crippen LogP contribution is 2.30. The minimum absolute atomic E-state index is 0.0720. The van der Waals surface area contributed by atoms with E-state index in [1.165, 1.54) is 30.3 Å². The van der Waals surface area contributed by atoms with Gasteiger partial charge >= 0.3 is 0 Å². The molecule has 0 atom stereocenters. The van der Waals surface area contributed by atoms with Crippen LogP contribution in [0.5, 0.6) is 0 Å². The summed E-state index contributed by atoms with van der Waals surface area (Å²) in [5, 5.41) is 3.28. The summed E-state index contributed by atoms with van der Waals surface area (Å²) in [7, 11) is -4.00. The summed E-state index contributed by atoms with van der Waals surface area (Å²) < 4.78 is 27.6. The SMILES string of the molecule is Cc1ccccc1CNC(=O)CN(c1ccc(Cl)c(Cl)c1)S(=O)(=O)c1ccccc1. The van der Waals surface area contributed by atoms with E-state index in [1.54, 1.807) is 18.2 Å². The Morgan fingerprint density at radius 3 is 2.27 bits per heavy atom. The Labute approximate surface area is 186 Å². The number of rotatable bonds is 7. The lowest BCUT2D eigenvalue weighted by Gasteiger charge is -2.24. The molecule has 1 N–H and O–H groups in total. The summed E-state index contributed by atoms with van der Waals surface area (Å²) in [5.74, 6) is -0.441. The number of carbonyl (C=O) groups is 1. The van der Waals surface area contributed by atoms with E-state index >= 15 is 0 Å². The third-order valence-corrected chi connectivity index (χ3v) is 7.07. The minimum Gasteiger partial charge on any atom is -0.350 e. The van der Waals surface area contributed by atoms with Gasteiger partial charge in [0.1, 0.15) is 6.54 Å². The number of halogens is 2. The standard InChI is InChI=1S/C22H20Cl2N2O3S/c1-16-7-5-6-8-17(16)14-25-22(27)15-26(18-11-12-20(23)21(24)13-18)30(28,29)19-9-3-2-4-10-19/h2-13H,14-15H2,1H3,(H,25,27). The normalized spacial score (nSPS) is 11.2. The Kier molecular flexibility index (Phi) is 7.02. The zero-order valence-corrected chi connectivity index (χ0v) is 18.5. The Balaban J connectivity index is 1.88. The van der Waals surface area contributed by atoms with Gasteiger partial charge in [-0.05, 0) is 48.4 Å². The molecule has 0 aliphatic rings. The molecule has 0 unspecified atom stereocenters. The average molecular weight is 463 g/mol. The van der Waals surface area contributed by atoms with E-state index in [0.717, 1.165) is 15.4 Å². The number of hydrogen-bond donors (Lipinski definition) is 1. The zero-order chi connectivity index (χ0) is 21.7. The van der Waals surface area contributed by atoms with Gasteiger partial charge < -0.3 is 5.32 Å². The van der Waals surface area contributed by atoms with E-state index in [0.29, 0.717) is 11.6 Å². The summed E-state index contributed by atoms with van der Waals surface area (Å²) in [6.07, 6.45) is 0. The first-order valence-electron chi connectivity index (χ1n) is 9.13. The van der Waals surface area contributed by atoms with Crippen LogP contribution in [-0.2, 0) is 21.4 Å². The van der Waals surface area contributed by atoms with Crippen LogP contribution in [0.4, 0.5) is 5.69 Å². The Morgan fingerprint density at radius 2 is 1.60 bits per heavy atom. The topological polar surface area (TPSA) is 66.5 Å². The van der Waals surface area contributed by atoms with Crippen molar-refractivity contribution in [2.24, 2.45) is 0 Å². The molecule has 0 saturated carbocycles. The number of hydrogen-bond acceptors (Lipinski definition) is 3. The maximum Gasteiger partial charge on any atom is 0.264 e. The first-order chi connectivity index (χ1) is 14.3. The van der Waals surface area contributed by atoms with Crippen LogP contribution in [0.15, 0.2) is 77.7 Å². The molecular weight excluding hydrogens is 443 g/mol. The van der Waals surface area contributed by atoms with E-state index in [1.807, 2.05) is 31.2 Å². The molecule has 0 aliphatic heterocycles. The number of carbonyl (C=O) groups excluding carboxylic acids is 1. The lowest BCUT2D eigenvalue weighted by molar-refractivity contribution is -0.119. The van der Waals surface area contributed by atoms with Crippen LogP contribution in [0.3, 0.4) is 0 Å². The maximum atomic E-state index is 13.3. The molecule has 3 rings (SSSR count). The highest BCUT2D eigenvalue weighted by molar-refractivity contribution is 7.92. The Morgan fingerprint density at radius 1 is 0.933 bits per heavy atom. The number of anilines is 1. The van der Waals surface area contributed by atoms with Gasteiger partial charge in [-0.25, -0.2) is 8.42 Å². The second kappa shape index (κ2) is 9.51. The van der Waals surface area contributed by atoms with Gasteiger partial charge in [0.05, 0.1) is 20.6 Å². The summed E-state index contributed by atoms with van der Waals surface area (Å²) in [6, 6.07) is 20.0. The van der Waals surface area contributed by atoms with E-state index < -0.39 is 22.5 Å². The fraction of sp³-hybridized carbons (Fsp3) is 0.136. The van der Waals surface area contributed by atoms with E-state index in [4.69, 9.17) is 23.2 Å². The first-order valence-corrected chi connectivity index (χ1v) is 11.3. The molecule has 156 valence electrons. The van der Waals surface area contributed by atoms with Crippen molar-refractivity contribution in [3.05, 3.63) is 94.0 Å². The van der Waals surface area contributed by atoms with E-state index in [-0.39, 0.29) is 15.6 Å². The van der Waals surface area contributed by atoms with Crippen molar-refractivity contribution < 1.29 is 13.2 Å².